The van der Waals surface area contributed by atoms with Crippen LogP contribution < -0.4 is 5.32 Å². The predicted molar refractivity (Wildman–Crippen MR) is 116 cm³/mol. The number of anilines is 1. The topological polar surface area (TPSA) is 82.9 Å². The summed E-state index contributed by atoms with van der Waals surface area (Å²) in [7, 11) is 0. The lowest BCUT2D eigenvalue weighted by atomic mass is 10.1. The van der Waals surface area contributed by atoms with Crippen molar-refractivity contribution >= 4 is 23.4 Å². The minimum atomic E-state index is -0.227. The van der Waals surface area contributed by atoms with Crippen LogP contribution >= 0.6 is 0 Å². The Morgan fingerprint density at radius 3 is 2.13 bits per heavy atom. The van der Waals surface area contributed by atoms with Crippen LogP contribution in [0.5, 0.6) is 0 Å². The largest absolute Gasteiger partial charge is 0.459 e. The van der Waals surface area contributed by atoms with Crippen molar-refractivity contribution in [2.75, 3.05) is 31.5 Å². The molecule has 4 rings (SSSR count). The first kappa shape index (κ1) is 20.4. The molecular weight excluding hydrogens is 394 g/mol. The zero-order valence-electron chi connectivity index (χ0n) is 17.2. The highest BCUT2D eigenvalue weighted by Gasteiger charge is 2.26. The quantitative estimate of drug-likeness (QED) is 0.705. The molecule has 0 aliphatic carbocycles. The van der Waals surface area contributed by atoms with Crippen LogP contribution in [0.25, 0.3) is 0 Å². The Hall–Kier alpha value is -3.87. The highest BCUT2D eigenvalue weighted by molar-refractivity contribution is 6.05. The van der Waals surface area contributed by atoms with E-state index in [0.29, 0.717) is 48.8 Å². The van der Waals surface area contributed by atoms with Gasteiger partial charge in [-0.2, -0.15) is 0 Å². The Balaban J connectivity index is 1.37. The first-order valence-corrected chi connectivity index (χ1v) is 10.1. The third-order valence-electron chi connectivity index (χ3n) is 5.27. The van der Waals surface area contributed by atoms with Gasteiger partial charge in [0.15, 0.2) is 5.76 Å². The number of nitrogens with zero attached hydrogens (tertiary/aromatic N) is 2. The van der Waals surface area contributed by atoms with Gasteiger partial charge in [-0.3, -0.25) is 14.4 Å². The monoisotopic (exact) mass is 417 g/mol. The van der Waals surface area contributed by atoms with E-state index in [1.165, 1.54) is 6.26 Å². The Morgan fingerprint density at radius 2 is 1.48 bits per heavy atom. The van der Waals surface area contributed by atoms with Gasteiger partial charge >= 0.3 is 0 Å². The van der Waals surface area contributed by atoms with E-state index >= 15 is 0 Å². The van der Waals surface area contributed by atoms with Crippen LogP contribution in [0.2, 0.25) is 0 Å². The average molecular weight is 417 g/mol. The van der Waals surface area contributed by atoms with Gasteiger partial charge in [0.1, 0.15) is 0 Å². The van der Waals surface area contributed by atoms with Crippen LogP contribution in [0.15, 0.2) is 71.3 Å². The fourth-order valence-electron chi connectivity index (χ4n) is 3.49. The van der Waals surface area contributed by atoms with Crippen molar-refractivity contribution in [2.45, 2.75) is 6.92 Å². The van der Waals surface area contributed by atoms with Gasteiger partial charge in [-0.1, -0.05) is 23.8 Å². The van der Waals surface area contributed by atoms with Crippen LogP contribution in [0.4, 0.5) is 5.69 Å². The molecule has 2 aromatic carbocycles. The molecule has 0 atom stereocenters. The van der Waals surface area contributed by atoms with Crippen molar-refractivity contribution in [3.8, 4) is 0 Å². The minimum absolute atomic E-state index is 0.128. The number of amides is 3. The number of carbonyl (C=O) groups is 3. The van der Waals surface area contributed by atoms with E-state index in [9.17, 15) is 14.4 Å². The molecule has 3 aromatic rings. The third-order valence-corrected chi connectivity index (χ3v) is 5.27. The molecule has 2 heterocycles. The Bertz CT molecular complexity index is 1080. The molecule has 1 aliphatic heterocycles. The fraction of sp³-hybridized carbons (Fsp3) is 0.208. The van der Waals surface area contributed by atoms with Gasteiger partial charge in [-0.25, -0.2) is 0 Å². The molecule has 1 aliphatic rings. The lowest BCUT2D eigenvalue weighted by Gasteiger charge is -2.34. The van der Waals surface area contributed by atoms with E-state index in [4.69, 9.17) is 4.42 Å². The maximum atomic E-state index is 12.9. The summed E-state index contributed by atoms with van der Waals surface area (Å²) in [6, 6.07) is 17.5. The van der Waals surface area contributed by atoms with Crippen molar-refractivity contribution < 1.29 is 18.8 Å². The number of furan rings is 1. The summed E-state index contributed by atoms with van der Waals surface area (Å²) in [5.74, 6) is -0.221. The van der Waals surface area contributed by atoms with Gasteiger partial charge in [-0.15, -0.1) is 0 Å². The number of carbonyl (C=O) groups excluding carboxylic acids is 3. The molecule has 158 valence electrons. The van der Waals surface area contributed by atoms with Crippen molar-refractivity contribution in [2.24, 2.45) is 0 Å². The van der Waals surface area contributed by atoms with E-state index in [1.54, 1.807) is 58.3 Å². The van der Waals surface area contributed by atoms with Crippen molar-refractivity contribution in [3.63, 3.8) is 0 Å². The standard InChI is InChI=1S/C24H23N3O4/c1-17-7-9-18(10-8-17)22(28)25-20-5-2-4-19(16-20)23(29)26-11-13-27(14-12-26)24(30)21-6-3-15-31-21/h2-10,15-16H,11-14H2,1H3,(H,25,28). The number of benzene rings is 2. The molecule has 0 saturated carbocycles. The van der Waals surface area contributed by atoms with E-state index < -0.39 is 0 Å². The second-order valence-electron chi connectivity index (χ2n) is 7.46. The third kappa shape index (κ3) is 4.66. The van der Waals surface area contributed by atoms with Gasteiger partial charge in [0.25, 0.3) is 17.7 Å². The Labute approximate surface area is 180 Å². The molecule has 1 fully saturated rings. The van der Waals surface area contributed by atoms with Gasteiger partial charge in [0.2, 0.25) is 0 Å². The number of hydrogen-bond acceptors (Lipinski definition) is 4. The first-order chi connectivity index (χ1) is 15.0. The van der Waals surface area contributed by atoms with Gasteiger partial charge in [0, 0.05) is 43.0 Å². The molecule has 1 N–H and O–H groups in total. The second-order valence-corrected chi connectivity index (χ2v) is 7.46. The molecule has 7 heteroatoms. The Morgan fingerprint density at radius 1 is 0.806 bits per heavy atom. The van der Waals surface area contributed by atoms with Crippen LogP contribution in [0.1, 0.15) is 36.8 Å². The summed E-state index contributed by atoms with van der Waals surface area (Å²) < 4.78 is 5.17. The maximum Gasteiger partial charge on any atom is 0.289 e. The maximum absolute atomic E-state index is 12.9. The molecule has 1 saturated heterocycles. The molecule has 0 bridgehead atoms. The molecule has 31 heavy (non-hydrogen) atoms. The van der Waals surface area contributed by atoms with E-state index in [0.717, 1.165) is 5.56 Å². The Kier molecular flexibility index (Phi) is 5.84. The van der Waals surface area contributed by atoms with Gasteiger partial charge in [-0.05, 0) is 49.4 Å². The SMILES string of the molecule is Cc1ccc(C(=O)Nc2cccc(C(=O)N3CCN(C(=O)c4ccco4)CC3)c2)cc1. The van der Waals surface area contributed by atoms with Crippen LogP contribution in [0, 0.1) is 6.92 Å². The number of hydrogen-bond donors (Lipinski definition) is 1. The normalized spacial score (nSPS) is 13.7. The average Bonchev–Trinajstić information content (AvgIpc) is 3.34. The van der Waals surface area contributed by atoms with Crippen LogP contribution in [-0.2, 0) is 0 Å². The van der Waals surface area contributed by atoms with Crippen LogP contribution in [0.3, 0.4) is 0 Å². The summed E-state index contributed by atoms with van der Waals surface area (Å²) in [4.78, 5) is 41.2. The zero-order valence-corrected chi connectivity index (χ0v) is 17.2. The molecule has 1 aromatic heterocycles. The summed E-state index contributed by atoms with van der Waals surface area (Å²) >= 11 is 0. The number of piperazine rings is 1. The molecule has 3 amide bonds. The minimum Gasteiger partial charge on any atom is -0.459 e. The molecule has 0 radical (unpaired) electrons. The summed E-state index contributed by atoms with van der Waals surface area (Å²) in [6.45, 7) is 3.71. The first-order valence-electron chi connectivity index (χ1n) is 10.1. The van der Waals surface area contributed by atoms with Crippen molar-refractivity contribution in [3.05, 3.63) is 89.4 Å². The van der Waals surface area contributed by atoms with Crippen molar-refractivity contribution in [1.82, 2.24) is 9.80 Å². The molecule has 0 spiro atoms. The predicted octanol–water partition coefficient (Wildman–Crippen LogP) is 3.44. The smallest absolute Gasteiger partial charge is 0.289 e. The lowest BCUT2D eigenvalue weighted by molar-refractivity contribution is 0.0518. The van der Waals surface area contributed by atoms with Gasteiger partial charge in [0.05, 0.1) is 6.26 Å². The lowest BCUT2D eigenvalue weighted by Crippen LogP contribution is -2.50. The fourth-order valence-corrected chi connectivity index (χ4v) is 3.49. The summed E-state index contributed by atoms with van der Waals surface area (Å²) in [5, 5.41) is 2.84. The highest BCUT2D eigenvalue weighted by Crippen LogP contribution is 2.16. The van der Waals surface area contributed by atoms with Crippen molar-refractivity contribution in [1.29, 1.82) is 0 Å². The van der Waals surface area contributed by atoms with E-state index in [-0.39, 0.29) is 17.7 Å². The zero-order chi connectivity index (χ0) is 21.8. The second kappa shape index (κ2) is 8.87. The highest BCUT2D eigenvalue weighted by atomic mass is 16.3. The molecule has 0 unspecified atom stereocenters. The molecular formula is C24H23N3O4. The number of rotatable bonds is 4. The van der Waals surface area contributed by atoms with E-state index in [2.05, 4.69) is 5.32 Å². The number of nitrogens with one attached hydrogen (secondary N) is 1. The summed E-state index contributed by atoms with van der Waals surface area (Å²) in [6.07, 6.45) is 1.47. The van der Waals surface area contributed by atoms with Crippen LogP contribution in [-0.4, -0.2) is 53.7 Å². The molecule has 7 nitrogen and oxygen atoms in total. The van der Waals surface area contributed by atoms with E-state index in [1.807, 2.05) is 19.1 Å². The van der Waals surface area contributed by atoms with Gasteiger partial charge < -0.3 is 19.5 Å². The number of aryl methyl sites for hydroxylation is 1. The summed E-state index contributed by atoms with van der Waals surface area (Å²) in [5.41, 5.74) is 2.69.